The van der Waals surface area contributed by atoms with Gasteiger partial charge in [0.1, 0.15) is 5.15 Å². The molecule has 1 N–H and O–H groups in total. The molecule has 0 saturated carbocycles. The average Bonchev–Trinajstić information content (AvgIpc) is 2.33. The number of amides is 1. The average molecular weight is 340 g/mol. The van der Waals surface area contributed by atoms with Gasteiger partial charge in [0.15, 0.2) is 0 Å². The first-order valence-electron chi connectivity index (χ1n) is 5.68. The predicted molar refractivity (Wildman–Crippen MR) is 80.8 cm³/mol. The Morgan fingerprint density at radius 1 is 1.32 bits per heavy atom. The molecule has 0 atom stereocenters. The van der Waals surface area contributed by atoms with Crippen LogP contribution in [0.1, 0.15) is 21.6 Å². The first kappa shape index (κ1) is 14.0. The van der Waals surface area contributed by atoms with Crippen molar-refractivity contribution < 1.29 is 4.79 Å². The van der Waals surface area contributed by atoms with Crippen LogP contribution in [0.25, 0.3) is 0 Å². The van der Waals surface area contributed by atoms with E-state index in [4.69, 9.17) is 11.6 Å². The predicted octanol–water partition coefficient (Wildman–Crippen LogP) is 4.37. The van der Waals surface area contributed by atoms with Crippen LogP contribution in [-0.2, 0) is 0 Å². The SMILES string of the molecule is Cc1cc(C(=O)Nc2cccc(C)c2Br)cc(Cl)n1. The molecule has 0 fully saturated rings. The van der Waals surface area contributed by atoms with E-state index in [1.807, 2.05) is 25.1 Å². The highest BCUT2D eigenvalue weighted by Crippen LogP contribution is 2.26. The maximum Gasteiger partial charge on any atom is 0.255 e. The molecule has 0 bridgehead atoms. The smallest absolute Gasteiger partial charge is 0.255 e. The quantitative estimate of drug-likeness (QED) is 0.826. The molecule has 19 heavy (non-hydrogen) atoms. The molecule has 0 saturated heterocycles. The molecule has 1 aromatic heterocycles. The fourth-order valence-electron chi connectivity index (χ4n) is 1.70. The molecule has 0 radical (unpaired) electrons. The van der Waals surface area contributed by atoms with Crippen LogP contribution in [0.3, 0.4) is 0 Å². The number of anilines is 1. The summed E-state index contributed by atoms with van der Waals surface area (Å²) in [6, 6.07) is 8.94. The Morgan fingerprint density at radius 2 is 2.05 bits per heavy atom. The summed E-state index contributed by atoms with van der Waals surface area (Å²) < 4.78 is 0.875. The normalized spacial score (nSPS) is 10.3. The summed E-state index contributed by atoms with van der Waals surface area (Å²) in [4.78, 5) is 16.2. The van der Waals surface area contributed by atoms with Crippen LogP contribution in [-0.4, -0.2) is 10.9 Å². The minimum Gasteiger partial charge on any atom is -0.321 e. The summed E-state index contributed by atoms with van der Waals surface area (Å²) in [7, 11) is 0. The molecule has 0 aliphatic heterocycles. The van der Waals surface area contributed by atoms with Crippen molar-refractivity contribution in [2.24, 2.45) is 0 Å². The van der Waals surface area contributed by atoms with E-state index in [9.17, 15) is 4.79 Å². The molecular formula is C14H12BrClN2O. The summed E-state index contributed by atoms with van der Waals surface area (Å²) in [5, 5.41) is 3.16. The molecule has 0 unspecified atom stereocenters. The van der Waals surface area contributed by atoms with Crippen LogP contribution in [0.2, 0.25) is 5.15 Å². The van der Waals surface area contributed by atoms with Gasteiger partial charge in [0.25, 0.3) is 5.91 Å². The summed E-state index contributed by atoms with van der Waals surface area (Å²) >= 11 is 9.31. The Hall–Kier alpha value is -1.39. The number of pyridine rings is 1. The van der Waals surface area contributed by atoms with Crippen molar-refractivity contribution in [1.29, 1.82) is 0 Å². The number of carbonyl (C=O) groups is 1. The number of halogens is 2. The fraction of sp³-hybridized carbons (Fsp3) is 0.143. The van der Waals surface area contributed by atoms with Crippen molar-refractivity contribution >= 4 is 39.1 Å². The lowest BCUT2D eigenvalue weighted by atomic mass is 10.2. The van der Waals surface area contributed by atoms with Crippen LogP contribution in [0.4, 0.5) is 5.69 Å². The van der Waals surface area contributed by atoms with E-state index in [2.05, 4.69) is 26.2 Å². The van der Waals surface area contributed by atoms with Crippen molar-refractivity contribution in [3.05, 3.63) is 56.8 Å². The number of hydrogen-bond donors (Lipinski definition) is 1. The Bertz CT molecular complexity index is 623. The molecule has 1 aromatic carbocycles. The first-order valence-corrected chi connectivity index (χ1v) is 6.85. The number of aryl methyl sites for hydroxylation is 2. The van der Waals surface area contributed by atoms with Crippen LogP contribution in [0.15, 0.2) is 34.8 Å². The van der Waals surface area contributed by atoms with Crippen molar-refractivity contribution in [3.8, 4) is 0 Å². The van der Waals surface area contributed by atoms with Crippen LogP contribution >= 0.6 is 27.5 Å². The molecule has 5 heteroatoms. The number of benzene rings is 1. The van der Waals surface area contributed by atoms with Crippen molar-refractivity contribution in [2.45, 2.75) is 13.8 Å². The molecule has 0 spiro atoms. The van der Waals surface area contributed by atoms with Crippen LogP contribution in [0.5, 0.6) is 0 Å². The van der Waals surface area contributed by atoms with Gasteiger partial charge in [-0.3, -0.25) is 4.79 Å². The van der Waals surface area contributed by atoms with E-state index in [0.29, 0.717) is 16.4 Å². The second-order valence-corrected chi connectivity index (χ2v) is 5.39. The van der Waals surface area contributed by atoms with Gasteiger partial charge < -0.3 is 5.32 Å². The Balaban J connectivity index is 2.28. The van der Waals surface area contributed by atoms with Gasteiger partial charge in [-0.15, -0.1) is 0 Å². The summed E-state index contributed by atoms with van der Waals surface area (Å²) in [5.41, 5.74) is 2.99. The number of aromatic nitrogens is 1. The van der Waals surface area contributed by atoms with E-state index in [-0.39, 0.29) is 5.91 Å². The topological polar surface area (TPSA) is 42.0 Å². The Morgan fingerprint density at radius 3 is 2.74 bits per heavy atom. The zero-order chi connectivity index (χ0) is 14.0. The van der Waals surface area contributed by atoms with Crippen molar-refractivity contribution in [3.63, 3.8) is 0 Å². The Labute approximate surface area is 125 Å². The lowest BCUT2D eigenvalue weighted by Gasteiger charge is -2.09. The molecule has 1 heterocycles. The summed E-state index contributed by atoms with van der Waals surface area (Å²) in [5.74, 6) is -0.210. The number of nitrogens with zero attached hydrogens (tertiary/aromatic N) is 1. The molecular weight excluding hydrogens is 328 g/mol. The highest BCUT2D eigenvalue weighted by atomic mass is 79.9. The van der Waals surface area contributed by atoms with Crippen LogP contribution in [0, 0.1) is 13.8 Å². The number of nitrogens with one attached hydrogen (secondary N) is 1. The van der Waals surface area contributed by atoms with Gasteiger partial charge in [0.05, 0.1) is 5.69 Å². The van der Waals surface area contributed by atoms with Gasteiger partial charge in [-0.2, -0.15) is 0 Å². The molecule has 3 nitrogen and oxygen atoms in total. The summed E-state index contributed by atoms with van der Waals surface area (Å²) in [6.45, 7) is 3.76. The van der Waals surface area contributed by atoms with Gasteiger partial charge >= 0.3 is 0 Å². The molecule has 2 aromatic rings. The number of carbonyl (C=O) groups excluding carboxylic acids is 1. The van der Waals surface area contributed by atoms with E-state index in [1.165, 1.54) is 0 Å². The second kappa shape index (κ2) is 5.72. The van der Waals surface area contributed by atoms with E-state index < -0.39 is 0 Å². The lowest BCUT2D eigenvalue weighted by molar-refractivity contribution is 0.102. The third kappa shape index (κ3) is 3.33. The molecule has 0 aliphatic rings. The molecule has 98 valence electrons. The Kier molecular flexibility index (Phi) is 4.22. The standard InChI is InChI=1S/C14H12BrClN2O/c1-8-4-3-5-11(13(8)15)18-14(19)10-6-9(2)17-12(16)7-10/h3-7H,1-2H3,(H,18,19). The third-order valence-corrected chi connectivity index (χ3v) is 3.87. The summed E-state index contributed by atoms with van der Waals surface area (Å²) in [6.07, 6.45) is 0. The lowest BCUT2D eigenvalue weighted by Crippen LogP contribution is -2.13. The van der Waals surface area contributed by atoms with Gasteiger partial charge in [0, 0.05) is 15.7 Å². The minimum atomic E-state index is -0.210. The van der Waals surface area contributed by atoms with Crippen molar-refractivity contribution in [1.82, 2.24) is 4.98 Å². The highest BCUT2D eigenvalue weighted by Gasteiger charge is 2.10. The zero-order valence-electron chi connectivity index (χ0n) is 10.5. The number of hydrogen-bond acceptors (Lipinski definition) is 2. The number of rotatable bonds is 2. The van der Waals surface area contributed by atoms with Gasteiger partial charge in [-0.05, 0) is 53.5 Å². The van der Waals surface area contributed by atoms with E-state index in [1.54, 1.807) is 19.1 Å². The third-order valence-electron chi connectivity index (χ3n) is 2.62. The van der Waals surface area contributed by atoms with Crippen LogP contribution < -0.4 is 5.32 Å². The molecule has 1 amide bonds. The highest BCUT2D eigenvalue weighted by molar-refractivity contribution is 9.10. The second-order valence-electron chi connectivity index (χ2n) is 4.21. The van der Waals surface area contributed by atoms with Gasteiger partial charge in [-0.1, -0.05) is 23.7 Å². The molecule has 2 rings (SSSR count). The molecule has 0 aliphatic carbocycles. The maximum atomic E-state index is 12.2. The minimum absolute atomic E-state index is 0.210. The zero-order valence-corrected chi connectivity index (χ0v) is 12.8. The monoisotopic (exact) mass is 338 g/mol. The van der Waals surface area contributed by atoms with Crippen molar-refractivity contribution in [2.75, 3.05) is 5.32 Å². The van der Waals surface area contributed by atoms with E-state index >= 15 is 0 Å². The maximum absolute atomic E-state index is 12.2. The van der Waals surface area contributed by atoms with Gasteiger partial charge in [0.2, 0.25) is 0 Å². The first-order chi connectivity index (χ1) is 8.97. The van der Waals surface area contributed by atoms with Gasteiger partial charge in [-0.25, -0.2) is 4.98 Å². The van der Waals surface area contributed by atoms with E-state index in [0.717, 1.165) is 15.7 Å². The largest absolute Gasteiger partial charge is 0.321 e. The fourth-order valence-corrected chi connectivity index (χ4v) is 2.31.